The monoisotopic (exact) mass is 584 g/mol. The quantitative estimate of drug-likeness (QED) is 0.212. The SMILES string of the molecule is Clc1ccc2c(c1)CCc1cccnc1C2=C1CCNCC1.O.O.O=C(O)CC(O)(CC(=O)O)C(=O)O.[Na+].[Na+]. The van der Waals surface area contributed by atoms with Crippen molar-refractivity contribution in [2.24, 2.45) is 0 Å². The van der Waals surface area contributed by atoms with Crippen molar-refractivity contribution in [2.45, 2.75) is 44.1 Å². The topological polar surface area (TPSA) is 220 Å². The molecule has 0 bridgehead atoms. The molecule has 0 spiro atoms. The fourth-order valence-electron chi connectivity index (χ4n) is 4.33. The predicted octanol–water partition coefficient (Wildman–Crippen LogP) is -4.87. The normalized spacial score (nSPS) is 13.6. The zero-order chi connectivity index (χ0) is 25.6. The van der Waals surface area contributed by atoms with Crippen molar-refractivity contribution >= 4 is 35.1 Å². The zero-order valence-electron chi connectivity index (χ0n) is 22.0. The molecule has 1 fully saturated rings. The van der Waals surface area contributed by atoms with E-state index in [1.54, 1.807) is 0 Å². The number of aromatic nitrogens is 1. The summed E-state index contributed by atoms with van der Waals surface area (Å²) in [5.74, 6) is -5.02. The van der Waals surface area contributed by atoms with Crippen LogP contribution in [0.4, 0.5) is 0 Å². The fraction of sp³-hybridized carbons (Fsp3) is 0.360. The van der Waals surface area contributed by atoms with E-state index in [0.29, 0.717) is 0 Å². The number of carboxylic acid groups (broad SMARTS) is 3. The Balaban J connectivity index is 0. The largest absolute Gasteiger partial charge is 1.00 e. The summed E-state index contributed by atoms with van der Waals surface area (Å²) in [5.41, 5.74) is 5.38. The van der Waals surface area contributed by atoms with Crippen molar-refractivity contribution in [1.82, 2.24) is 10.3 Å². The number of benzene rings is 1. The van der Waals surface area contributed by atoms with Crippen LogP contribution in [0.1, 0.15) is 48.1 Å². The summed E-state index contributed by atoms with van der Waals surface area (Å²) in [6.07, 6.45) is 3.90. The van der Waals surface area contributed by atoms with Crippen LogP contribution in [-0.2, 0) is 27.2 Å². The number of nitrogens with zero attached hydrogens (tertiary/aromatic N) is 1. The van der Waals surface area contributed by atoms with Gasteiger partial charge in [-0.05, 0) is 73.7 Å². The third kappa shape index (κ3) is 10.9. The van der Waals surface area contributed by atoms with Crippen LogP contribution in [0.15, 0.2) is 42.1 Å². The van der Waals surface area contributed by atoms with Gasteiger partial charge in [0, 0.05) is 16.8 Å². The van der Waals surface area contributed by atoms with Crippen molar-refractivity contribution in [3.8, 4) is 0 Å². The molecule has 1 aliphatic carbocycles. The first-order valence-corrected chi connectivity index (χ1v) is 11.5. The predicted molar refractivity (Wildman–Crippen MR) is 136 cm³/mol. The molecule has 0 radical (unpaired) electrons. The van der Waals surface area contributed by atoms with Gasteiger partial charge >= 0.3 is 77.0 Å². The van der Waals surface area contributed by atoms with E-state index >= 15 is 0 Å². The molecule has 1 aromatic heterocycles. The van der Waals surface area contributed by atoms with Crippen LogP contribution in [-0.4, -0.2) is 73.0 Å². The zero-order valence-corrected chi connectivity index (χ0v) is 26.7. The molecule has 0 amide bonds. The Morgan fingerprint density at radius 3 is 2.00 bits per heavy atom. The number of hydrogen-bond donors (Lipinski definition) is 5. The van der Waals surface area contributed by atoms with Crippen molar-refractivity contribution < 1.29 is 105 Å². The van der Waals surface area contributed by atoms with Gasteiger partial charge in [-0.2, -0.15) is 0 Å². The van der Waals surface area contributed by atoms with Gasteiger partial charge in [-0.1, -0.05) is 29.3 Å². The van der Waals surface area contributed by atoms with E-state index in [1.807, 2.05) is 18.3 Å². The Morgan fingerprint density at radius 2 is 1.46 bits per heavy atom. The Morgan fingerprint density at radius 1 is 0.897 bits per heavy atom. The number of aliphatic carboxylic acids is 3. The number of carbonyl (C=O) groups is 3. The van der Waals surface area contributed by atoms with Gasteiger partial charge < -0.3 is 36.7 Å². The molecule has 2 heterocycles. The number of piperidine rings is 1. The van der Waals surface area contributed by atoms with E-state index in [1.165, 1.54) is 33.5 Å². The summed E-state index contributed by atoms with van der Waals surface area (Å²) in [7, 11) is 0. The van der Waals surface area contributed by atoms with E-state index in [9.17, 15) is 14.4 Å². The molecular formula is C25H31ClN2Na2O9+2. The van der Waals surface area contributed by atoms with E-state index in [-0.39, 0.29) is 70.1 Å². The van der Waals surface area contributed by atoms with Crippen molar-refractivity contribution in [3.63, 3.8) is 0 Å². The number of rotatable bonds is 5. The van der Waals surface area contributed by atoms with Crippen LogP contribution in [0.25, 0.3) is 5.57 Å². The summed E-state index contributed by atoms with van der Waals surface area (Å²) in [4.78, 5) is 35.2. The molecule has 1 aromatic carbocycles. The minimum absolute atomic E-state index is 0. The van der Waals surface area contributed by atoms with Gasteiger partial charge in [0.25, 0.3) is 0 Å². The average Bonchev–Trinajstić information content (AvgIpc) is 2.95. The molecule has 2 aliphatic rings. The molecule has 0 saturated carbocycles. The number of pyridine rings is 1. The molecule has 1 aliphatic heterocycles. The molecular weight excluding hydrogens is 554 g/mol. The minimum atomic E-state index is -2.74. The van der Waals surface area contributed by atoms with E-state index < -0.39 is 36.4 Å². The average molecular weight is 585 g/mol. The Labute approximate surface area is 274 Å². The first-order chi connectivity index (χ1) is 16.6. The van der Waals surface area contributed by atoms with Crippen molar-refractivity contribution in [3.05, 3.63) is 69.5 Å². The van der Waals surface area contributed by atoms with Gasteiger partial charge in [0.05, 0.1) is 18.5 Å². The Hall–Kier alpha value is -1.35. The standard InChI is InChI=1S/C19H19ClN2.C6H8O7.2Na.2H2O/c20-16-5-6-17-15(12-16)4-3-14-2-1-9-22-19(14)18(17)13-7-10-21-11-8-13;7-3(8)1-6(13,5(11)12)2-4(9)10;;;;/h1-2,5-6,9,12,21H,3-4,7-8,10-11H2;13H,1-2H2,(H,7,8)(H,9,10)(H,11,12);;;2*1H2/q;;2*+1;;. The maximum Gasteiger partial charge on any atom is 1.00 e. The van der Waals surface area contributed by atoms with E-state index in [4.69, 9.17) is 37.0 Å². The fourth-order valence-corrected chi connectivity index (χ4v) is 4.52. The number of aliphatic hydroxyl groups is 1. The van der Waals surface area contributed by atoms with Gasteiger partial charge in [-0.15, -0.1) is 0 Å². The van der Waals surface area contributed by atoms with Crippen molar-refractivity contribution in [2.75, 3.05) is 13.1 Å². The molecule has 2 aromatic rings. The number of nitrogens with one attached hydrogen (secondary N) is 1. The van der Waals surface area contributed by atoms with Crippen LogP contribution in [0.5, 0.6) is 0 Å². The molecule has 14 heteroatoms. The van der Waals surface area contributed by atoms with Gasteiger partial charge in [0.2, 0.25) is 0 Å². The second-order valence-corrected chi connectivity index (χ2v) is 8.96. The van der Waals surface area contributed by atoms with Crippen LogP contribution in [0.2, 0.25) is 5.02 Å². The Kier molecular flexibility index (Phi) is 18.5. The van der Waals surface area contributed by atoms with Gasteiger partial charge in [0.1, 0.15) is 0 Å². The van der Waals surface area contributed by atoms with Crippen LogP contribution in [0, 0.1) is 0 Å². The van der Waals surface area contributed by atoms with Gasteiger partial charge in [-0.3, -0.25) is 14.6 Å². The third-order valence-corrected chi connectivity index (χ3v) is 6.21. The first-order valence-electron chi connectivity index (χ1n) is 11.2. The van der Waals surface area contributed by atoms with Gasteiger partial charge in [-0.25, -0.2) is 4.79 Å². The summed E-state index contributed by atoms with van der Waals surface area (Å²) in [5, 5.41) is 38.1. The minimum Gasteiger partial charge on any atom is -0.481 e. The molecule has 202 valence electrons. The maximum atomic E-state index is 10.3. The van der Waals surface area contributed by atoms with Crippen LogP contribution < -0.4 is 64.4 Å². The summed E-state index contributed by atoms with van der Waals surface area (Å²) in [6, 6.07) is 10.6. The summed E-state index contributed by atoms with van der Waals surface area (Å²) >= 11 is 6.23. The number of hydrogen-bond acceptors (Lipinski definition) is 6. The first kappa shape index (κ1) is 39.8. The van der Waals surface area contributed by atoms with Crippen LogP contribution >= 0.6 is 11.6 Å². The second-order valence-electron chi connectivity index (χ2n) is 8.52. The molecule has 11 nitrogen and oxygen atoms in total. The summed E-state index contributed by atoms with van der Waals surface area (Å²) < 4.78 is 0. The van der Waals surface area contributed by atoms with E-state index in [0.717, 1.165) is 43.8 Å². The number of carboxylic acids is 3. The third-order valence-electron chi connectivity index (χ3n) is 5.97. The summed E-state index contributed by atoms with van der Waals surface area (Å²) in [6.45, 7) is 2.12. The number of halogens is 1. The number of aryl methyl sites for hydroxylation is 2. The molecule has 0 unspecified atom stereocenters. The molecule has 0 atom stereocenters. The maximum absolute atomic E-state index is 10.3. The number of fused-ring (bicyclic) bond motifs is 2. The van der Waals surface area contributed by atoms with E-state index in [2.05, 4.69) is 23.5 Å². The second kappa shape index (κ2) is 18.2. The van der Waals surface area contributed by atoms with Crippen LogP contribution in [0.3, 0.4) is 0 Å². The Bertz CT molecular complexity index is 1150. The molecule has 4 rings (SSSR count). The van der Waals surface area contributed by atoms with Gasteiger partial charge in [0.15, 0.2) is 5.60 Å². The smallest absolute Gasteiger partial charge is 0.481 e. The molecule has 9 N–H and O–H groups in total. The molecule has 39 heavy (non-hydrogen) atoms. The van der Waals surface area contributed by atoms with Crippen molar-refractivity contribution in [1.29, 1.82) is 0 Å². The molecule has 1 saturated heterocycles.